The third kappa shape index (κ3) is 6.85. The summed E-state index contributed by atoms with van der Waals surface area (Å²) in [5, 5.41) is 3.71. The Hall–Kier alpha value is -2.29. The number of hydrogen-bond acceptors (Lipinski definition) is 4. The molecule has 1 amide bonds. The number of piperazine rings is 1. The van der Waals surface area contributed by atoms with Crippen LogP contribution in [0.4, 0.5) is 19.0 Å². The lowest BCUT2D eigenvalue weighted by Gasteiger charge is -2.35. The van der Waals surface area contributed by atoms with Crippen molar-refractivity contribution in [2.75, 3.05) is 44.2 Å². The number of aromatic nitrogens is 1. The Kier molecular flexibility index (Phi) is 7.80. The number of hydrogen-bond donors (Lipinski definition) is 1. The Labute approximate surface area is 188 Å². The Morgan fingerprint density at radius 2 is 1.84 bits per heavy atom. The summed E-state index contributed by atoms with van der Waals surface area (Å²) >= 11 is 11.8. The first-order chi connectivity index (χ1) is 14.7. The molecule has 5 nitrogen and oxygen atoms in total. The van der Waals surface area contributed by atoms with E-state index < -0.39 is 11.7 Å². The number of alkyl halides is 3. The van der Waals surface area contributed by atoms with Crippen LogP contribution in [0.15, 0.2) is 42.6 Å². The quantitative estimate of drug-likeness (QED) is 0.634. The van der Waals surface area contributed by atoms with Crippen molar-refractivity contribution >= 4 is 41.0 Å². The van der Waals surface area contributed by atoms with Crippen LogP contribution in [-0.2, 0) is 11.0 Å². The van der Waals surface area contributed by atoms with Crippen molar-refractivity contribution in [3.8, 4) is 0 Å². The molecule has 0 unspecified atom stereocenters. The smallest absolute Gasteiger partial charge is 0.354 e. The molecule has 0 bridgehead atoms. The lowest BCUT2D eigenvalue weighted by Crippen LogP contribution is -2.48. The number of nitrogens with zero attached hydrogens (tertiary/aromatic N) is 3. The molecule has 1 aliphatic heterocycles. The van der Waals surface area contributed by atoms with Crippen LogP contribution in [0, 0.1) is 0 Å². The minimum Gasteiger partial charge on any atom is -0.354 e. The van der Waals surface area contributed by atoms with Crippen LogP contribution < -0.4 is 10.2 Å². The molecule has 0 spiro atoms. The lowest BCUT2D eigenvalue weighted by atomic mass is 10.2. The van der Waals surface area contributed by atoms with Crippen LogP contribution in [0.5, 0.6) is 0 Å². The van der Waals surface area contributed by atoms with Crippen molar-refractivity contribution in [3.05, 3.63) is 63.8 Å². The zero-order valence-electron chi connectivity index (χ0n) is 16.5. The van der Waals surface area contributed by atoms with Gasteiger partial charge in [0.05, 0.1) is 15.6 Å². The standard InChI is InChI=1S/C21H21Cl2F3N4O/c22-17-4-1-15(13-18(17)23)2-6-20(31)27-7-8-29-9-11-30(12-10-29)19-5-3-16(14-28-19)21(24,25)26/h1-6,13-14H,7-12H2,(H,27,31). The normalized spacial score (nSPS) is 15.5. The summed E-state index contributed by atoms with van der Waals surface area (Å²) in [5.74, 6) is 0.326. The third-order valence-electron chi connectivity index (χ3n) is 4.87. The summed E-state index contributed by atoms with van der Waals surface area (Å²) in [5.41, 5.74) is 0.0244. The molecular formula is C21H21Cl2F3N4O. The molecule has 166 valence electrons. The van der Waals surface area contributed by atoms with Gasteiger partial charge in [0.25, 0.3) is 0 Å². The first kappa shape index (κ1) is 23.4. The predicted molar refractivity (Wildman–Crippen MR) is 116 cm³/mol. The molecule has 0 saturated carbocycles. The monoisotopic (exact) mass is 472 g/mol. The fourth-order valence-corrected chi connectivity index (χ4v) is 3.43. The number of pyridine rings is 1. The maximum atomic E-state index is 12.6. The Morgan fingerprint density at radius 1 is 1.10 bits per heavy atom. The van der Waals surface area contributed by atoms with E-state index in [1.165, 1.54) is 12.1 Å². The van der Waals surface area contributed by atoms with Crippen LogP contribution >= 0.6 is 23.2 Å². The number of halogens is 5. The summed E-state index contributed by atoms with van der Waals surface area (Å²) < 4.78 is 37.9. The van der Waals surface area contributed by atoms with Gasteiger partial charge in [-0.25, -0.2) is 4.98 Å². The molecule has 0 aliphatic carbocycles. The van der Waals surface area contributed by atoms with Crippen molar-refractivity contribution < 1.29 is 18.0 Å². The van der Waals surface area contributed by atoms with Crippen LogP contribution in [0.1, 0.15) is 11.1 Å². The first-order valence-electron chi connectivity index (χ1n) is 9.64. The number of carbonyl (C=O) groups excluding carboxylic acids is 1. The molecule has 3 rings (SSSR count). The molecule has 0 radical (unpaired) electrons. The van der Waals surface area contributed by atoms with E-state index in [1.807, 2.05) is 4.90 Å². The second-order valence-corrected chi connectivity index (χ2v) is 7.84. The van der Waals surface area contributed by atoms with E-state index in [9.17, 15) is 18.0 Å². The fourth-order valence-electron chi connectivity index (χ4n) is 3.13. The van der Waals surface area contributed by atoms with Crippen LogP contribution in [-0.4, -0.2) is 55.1 Å². The van der Waals surface area contributed by atoms with Gasteiger partial charge in [-0.05, 0) is 35.9 Å². The van der Waals surface area contributed by atoms with E-state index in [2.05, 4.69) is 15.2 Å². The highest BCUT2D eigenvalue weighted by Crippen LogP contribution is 2.29. The molecule has 2 heterocycles. The maximum Gasteiger partial charge on any atom is 0.417 e. The van der Waals surface area contributed by atoms with E-state index in [-0.39, 0.29) is 5.91 Å². The van der Waals surface area contributed by atoms with Gasteiger partial charge in [-0.2, -0.15) is 13.2 Å². The van der Waals surface area contributed by atoms with Crippen molar-refractivity contribution in [3.63, 3.8) is 0 Å². The van der Waals surface area contributed by atoms with Crippen molar-refractivity contribution in [1.82, 2.24) is 15.2 Å². The lowest BCUT2D eigenvalue weighted by molar-refractivity contribution is -0.137. The number of benzene rings is 1. The number of amides is 1. The summed E-state index contributed by atoms with van der Waals surface area (Å²) in [6.45, 7) is 3.95. The molecular weight excluding hydrogens is 452 g/mol. The first-order valence-corrected chi connectivity index (χ1v) is 10.4. The number of anilines is 1. The molecule has 0 atom stereocenters. The van der Waals surface area contributed by atoms with Gasteiger partial charge < -0.3 is 10.2 Å². The fraction of sp³-hybridized carbons (Fsp3) is 0.333. The summed E-state index contributed by atoms with van der Waals surface area (Å²) in [4.78, 5) is 20.1. The van der Waals surface area contributed by atoms with Crippen molar-refractivity contribution in [2.45, 2.75) is 6.18 Å². The van der Waals surface area contributed by atoms with E-state index in [0.717, 1.165) is 30.9 Å². The minimum atomic E-state index is -4.38. The predicted octanol–water partition coefficient (Wildman–Crippen LogP) is 4.36. The van der Waals surface area contributed by atoms with Crippen LogP contribution in [0.25, 0.3) is 6.08 Å². The molecule has 1 aromatic heterocycles. The largest absolute Gasteiger partial charge is 0.417 e. The molecule has 1 N–H and O–H groups in total. The zero-order valence-corrected chi connectivity index (χ0v) is 18.0. The van der Waals surface area contributed by atoms with Gasteiger partial charge in [0.2, 0.25) is 5.91 Å². The Balaban J connectivity index is 1.38. The SMILES string of the molecule is O=C(C=Cc1ccc(Cl)c(Cl)c1)NCCN1CCN(c2ccc(C(F)(F)F)cn2)CC1. The minimum absolute atomic E-state index is 0.210. The van der Waals surface area contributed by atoms with Gasteiger partial charge in [0.1, 0.15) is 5.82 Å². The summed E-state index contributed by atoms with van der Waals surface area (Å²) in [7, 11) is 0. The molecule has 1 aliphatic rings. The maximum absolute atomic E-state index is 12.6. The second-order valence-electron chi connectivity index (χ2n) is 7.03. The van der Waals surface area contributed by atoms with Gasteiger partial charge in [0, 0.05) is 51.5 Å². The van der Waals surface area contributed by atoms with E-state index in [0.29, 0.717) is 42.0 Å². The van der Waals surface area contributed by atoms with Gasteiger partial charge >= 0.3 is 6.18 Å². The van der Waals surface area contributed by atoms with Gasteiger partial charge in [-0.3, -0.25) is 9.69 Å². The highest BCUT2D eigenvalue weighted by molar-refractivity contribution is 6.42. The van der Waals surface area contributed by atoms with Gasteiger partial charge in [-0.1, -0.05) is 29.3 Å². The molecule has 2 aromatic rings. The van der Waals surface area contributed by atoms with Gasteiger partial charge in [0.15, 0.2) is 0 Å². The Morgan fingerprint density at radius 3 is 2.45 bits per heavy atom. The molecule has 1 fully saturated rings. The topological polar surface area (TPSA) is 48.5 Å². The van der Waals surface area contributed by atoms with E-state index in [4.69, 9.17) is 23.2 Å². The average Bonchev–Trinajstić information content (AvgIpc) is 2.74. The zero-order chi connectivity index (χ0) is 22.4. The van der Waals surface area contributed by atoms with E-state index in [1.54, 1.807) is 24.3 Å². The average molecular weight is 473 g/mol. The van der Waals surface area contributed by atoms with E-state index >= 15 is 0 Å². The van der Waals surface area contributed by atoms with Crippen LogP contribution in [0.2, 0.25) is 10.0 Å². The second kappa shape index (κ2) is 10.3. The number of rotatable bonds is 6. The molecule has 1 aromatic carbocycles. The molecule has 10 heteroatoms. The highest BCUT2D eigenvalue weighted by atomic mass is 35.5. The van der Waals surface area contributed by atoms with Gasteiger partial charge in [-0.15, -0.1) is 0 Å². The Bertz CT molecular complexity index is 927. The van der Waals surface area contributed by atoms with Crippen molar-refractivity contribution in [2.24, 2.45) is 0 Å². The van der Waals surface area contributed by atoms with Crippen molar-refractivity contribution in [1.29, 1.82) is 0 Å². The third-order valence-corrected chi connectivity index (χ3v) is 5.61. The molecule has 31 heavy (non-hydrogen) atoms. The summed E-state index contributed by atoms with van der Waals surface area (Å²) in [6.07, 6.45) is -0.421. The number of carbonyl (C=O) groups is 1. The number of nitrogens with one attached hydrogen (secondary N) is 1. The highest BCUT2D eigenvalue weighted by Gasteiger charge is 2.31. The molecule has 1 saturated heterocycles. The van der Waals surface area contributed by atoms with Crippen LogP contribution in [0.3, 0.4) is 0 Å². The summed E-state index contributed by atoms with van der Waals surface area (Å²) in [6, 6.07) is 7.57.